The van der Waals surface area contributed by atoms with Gasteiger partial charge in [0.25, 0.3) is 15.9 Å². The molecule has 1 N–H and O–H groups in total. The molecule has 2 aromatic carbocycles. The van der Waals surface area contributed by atoms with E-state index < -0.39 is 28.0 Å². The van der Waals surface area contributed by atoms with Gasteiger partial charge in [0.1, 0.15) is 5.75 Å². The fraction of sp³-hybridized carbons (Fsp3) is 0.333. The quantitative estimate of drug-likeness (QED) is 0.515. The Morgan fingerprint density at radius 2 is 1.68 bits per heavy atom. The second-order valence-electron chi connectivity index (χ2n) is 8.66. The normalized spacial score (nSPS) is 15.0. The number of ether oxygens (including phenoxy) is 1. The number of benzene rings is 2. The summed E-state index contributed by atoms with van der Waals surface area (Å²) in [6, 6.07) is 10.5. The van der Waals surface area contributed by atoms with Gasteiger partial charge in [0.15, 0.2) is 0 Å². The maximum atomic E-state index is 13.4. The molecule has 0 bridgehead atoms. The molecule has 1 aliphatic rings. The molecule has 0 spiro atoms. The van der Waals surface area contributed by atoms with E-state index in [9.17, 15) is 26.4 Å². The third kappa shape index (κ3) is 5.88. The van der Waals surface area contributed by atoms with Crippen molar-refractivity contribution >= 4 is 27.3 Å². The fourth-order valence-electron chi connectivity index (χ4n) is 4.12. The lowest BCUT2D eigenvalue weighted by atomic mass is 10.1. The first kappa shape index (κ1) is 26.5. The monoisotopic (exact) mass is 537 g/mol. The maximum Gasteiger partial charge on any atom is 0.573 e. The Bertz CT molecular complexity index is 1400. The van der Waals surface area contributed by atoms with E-state index in [4.69, 9.17) is 0 Å². The Labute approximate surface area is 212 Å². The van der Waals surface area contributed by atoms with Crippen molar-refractivity contribution in [2.75, 3.05) is 36.4 Å². The lowest BCUT2D eigenvalue weighted by Crippen LogP contribution is -2.49. The number of halogens is 3. The summed E-state index contributed by atoms with van der Waals surface area (Å²) in [5, 5.41) is 6.16. The van der Waals surface area contributed by atoms with Crippen molar-refractivity contribution in [3.63, 3.8) is 0 Å². The minimum absolute atomic E-state index is 0.161. The van der Waals surface area contributed by atoms with Crippen molar-refractivity contribution < 1.29 is 31.1 Å². The highest BCUT2D eigenvalue weighted by molar-refractivity contribution is 7.89. The van der Waals surface area contributed by atoms with Crippen LogP contribution in [0, 0.1) is 13.8 Å². The number of aromatic nitrogens is 2. The highest BCUT2D eigenvalue weighted by atomic mass is 32.2. The molecule has 2 heterocycles. The predicted octanol–water partition coefficient (Wildman–Crippen LogP) is 3.70. The number of hydrogen-bond donors (Lipinski definition) is 1. The molecule has 3 aromatic rings. The molecule has 1 saturated heterocycles. The molecule has 9 nitrogen and oxygen atoms in total. The van der Waals surface area contributed by atoms with Crippen LogP contribution in [0.2, 0.25) is 0 Å². The maximum absolute atomic E-state index is 13.4. The summed E-state index contributed by atoms with van der Waals surface area (Å²) in [5.41, 5.74) is 3.34. The average molecular weight is 538 g/mol. The second-order valence-corrected chi connectivity index (χ2v) is 10.5. The molecule has 37 heavy (non-hydrogen) atoms. The van der Waals surface area contributed by atoms with Crippen molar-refractivity contribution in [2.24, 2.45) is 7.05 Å². The van der Waals surface area contributed by atoms with E-state index >= 15 is 0 Å². The van der Waals surface area contributed by atoms with Gasteiger partial charge in [0, 0.05) is 50.8 Å². The Morgan fingerprint density at radius 3 is 2.30 bits per heavy atom. The van der Waals surface area contributed by atoms with Crippen LogP contribution in [0.15, 0.2) is 53.7 Å². The zero-order chi connectivity index (χ0) is 27.0. The molecule has 0 saturated carbocycles. The van der Waals surface area contributed by atoms with Crippen LogP contribution in [0.5, 0.6) is 5.75 Å². The van der Waals surface area contributed by atoms with E-state index in [0.717, 1.165) is 28.9 Å². The SMILES string of the molecule is Cc1cccc(N2CCN(S(=O)(=O)c3nn(C)cc3C(=O)Nc3ccc(OC(F)(F)F)cc3)CC2)c1C. The molecule has 1 aromatic heterocycles. The van der Waals surface area contributed by atoms with E-state index in [1.54, 1.807) is 0 Å². The van der Waals surface area contributed by atoms with Crippen molar-refractivity contribution in [1.29, 1.82) is 0 Å². The number of nitrogens with zero attached hydrogens (tertiary/aromatic N) is 4. The van der Waals surface area contributed by atoms with Crippen LogP contribution in [0.3, 0.4) is 0 Å². The average Bonchev–Trinajstić information content (AvgIpc) is 3.24. The molecule has 1 amide bonds. The van der Waals surface area contributed by atoms with Crippen molar-refractivity contribution in [2.45, 2.75) is 25.2 Å². The molecular formula is C24H26F3N5O4S. The summed E-state index contributed by atoms with van der Waals surface area (Å²) in [5.74, 6) is -1.21. The van der Waals surface area contributed by atoms with Crippen LogP contribution in [0.25, 0.3) is 0 Å². The number of carbonyl (C=O) groups excluding carboxylic acids is 1. The van der Waals surface area contributed by atoms with Crippen LogP contribution in [0.1, 0.15) is 21.5 Å². The van der Waals surface area contributed by atoms with Gasteiger partial charge in [-0.25, -0.2) is 8.42 Å². The summed E-state index contributed by atoms with van der Waals surface area (Å²) < 4.78 is 70.3. The predicted molar refractivity (Wildman–Crippen MR) is 131 cm³/mol. The minimum Gasteiger partial charge on any atom is -0.406 e. The molecule has 1 fully saturated rings. The number of alkyl halides is 3. The van der Waals surface area contributed by atoms with Gasteiger partial charge in [-0.15, -0.1) is 13.2 Å². The van der Waals surface area contributed by atoms with Crippen LogP contribution < -0.4 is 15.0 Å². The third-order valence-corrected chi connectivity index (χ3v) is 7.96. The number of aryl methyl sites for hydroxylation is 2. The first-order valence-electron chi connectivity index (χ1n) is 11.4. The number of carbonyl (C=O) groups is 1. The Kier molecular flexibility index (Phi) is 7.20. The number of anilines is 2. The first-order chi connectivity index (χ1) is 17.3. The van der Waals surface area contributed by atoms with E-state index in [-0.39, 0.29) is 29.4 Å². The van der Waals surface area contributed by atoms with E-state index in [2.05, 4.69) is 20.1 Å². The van der Waals surface area contributed by atoms with Gasteiger partial charge in [-0.3, -0.25) is 9.48 Å². The Hall–Kier alpha value is -3.58. The second kappa shape index (κ2) is 10.1. The molecular weight excluding hydrogens is 511 g/mol. The standard InChI is InChI=1S/C24H26F3N5O4S/c1-16-5-4-6-21(17(16)2)31-11-13-32(14-12-31)37(34,35)23-20(15-30(3)29-23)22(33)28-18-7-9-19(10-8-18)36-24(25,26)27/h4-10,15H,11-14H2,1-3H3,(H,28,33). The lowest BCUT2D eigenvalue weighted by molar-refractivity contribution is -0.274. The van der Waals surface area contributed by atoms with Gasteiger partial charge in [0.2, 0.25) is 5.03 Å². The summed E-state index contributed by atoms with van der Waals surface area (Å²) in [7, 11) is -2.59. The van der Waals surface area contributed by atoms with Crippen LogP contribution >= 0.6 is 0 Å². The molecule has 0 unspecified atom stereocenters. The number of sulfonamides is 1. The van der Waals surface area contributed by atoms with Crippen molar-refractivity contribution in [3.8, 4) is 5.75 Å². The Balaban J connectivity index is 1.48. The number of amides is 1. The lowest BCUT2D eigenvalue weighted by Gasteiger charge is -2.36. The fourth-order valence-corrected chi connectivity index (χ4v) is 5.67. The van der Waals surface area contributed by atoms with E-state index in [1.807, 2.05) is 32.0 Å². The van der Waals surface area contributed by atoms with E-state index in [0.29, 0.717) is 13.1 Å². The summed E-state index contributed by atoms with van der Waals surface area (Å²) in [6.07, 6.45) is -3.55. The Morgan fingerprint density at radius 1 is 1.03 bits per heavy atom. The van der Waals surface area contributed by atoms with Crippen LogP contribution in [-0.2, 0) is 17.1 Å². The summed E-state index contributed by atoms with van der Waals surface area (Å²) in [6.45, 7) is 5.44. The molecule has 0 radical (unpaired) electrons. The van der Waals surface area contributed by atoms with Gasteiger partial charge in [-0.1, -0.05) is 12.1 Å². The van der Waals surface area contributed by atoms with Gasteiger partial charge in [0.05, 0.1) is 5.56 Å². The topological polar surface area (TPSA) is 96.8 Å². The molecule has 1 aliphatic heterocycles. The van der Waals surface area contributed by atoms with Crippen molar-refractivity contribution in [3.05, 3.63) is 65.4 Å². The van der Waals surface area contributed by atoms with Gasteiger partial charge in [-0.2, -0.15) is 9.40 Å². The highest BCUT2D eigenvalue weighted by Crippen LogP contribution is 2.27. The molecule has 198 valence electrons. The number of nitrogens with one attached hydrogen (secondary N) is 1. The van der Waals surface area contributed by atoms with Crippen LogP contribution in [-0.4, -0.2) is 61.0 Å². The number of piperazine rings is 1. The smallest absolute Gasteiger partial charge is 0.406 e. The molecule has 13 heteroatoms. The molecule has 0 atom stereocenters. The van der Waals surface area contributed by atoms with E-state index in [1.165, 1.54) is 34.4 Å². The summed E-state index contributed by atoms with van der Waals surface area (Å²) in [4.78, 5) is 15.1. The number of hydrogen-bond acceptors (Lipinski definition) is 6. The van der Waals surface area contributed by atoms with Crippen molar-refractivity contribution in [1.82, 2.24) is 14.1 Å². The van der Waals surface area contributed by atoms with Gasteiger partial charge >= 0.3 is 6.36 Å². The zero-order valence-electron chi connectivity index (χ0n) is 20.4. The first-order valence-corrected chi connectivity index (χ1v) is 12.8. The third-order valence-electron chi connectivity index (χ3n) is 6.12. The van der Waals surface area contributed by atoms with Gasteiger partial charge in [-0.05, 0) is 55.3 Å². The van der Waals surface area contributed by atoms with Gasteiger partial charge < -0.3 is 15.0 Å². The molecule has 0 aliphatic carbocycles. The highest BCUT2D eigenvalue weighted by Gasteiger charge is 2.35. The van der Waals surface area contributed by atoms with Crippen LogP contribution in [0.4, 0.5) is 24.5 Å². The molecule has 4 rings (SSSR count). The number of rotatable bonds is 6. The largest absolute Gasteiger partial charge is 0.573 e. The summed E-state index contributed by atoms with van der Waals surface area (Å²) >= 11 is 0. The zero-order valence-corrected chi connectivity index (χ0v) is 21.2. The minimum atomic E-state index is -4.84.